The SMILES string of the molecule is C=CCOc1ccc(CN(C)CC(C)(C)O)cc1Cl. The van der Waals surface area contributed by atoms with Crippen LogP contribution in [0, 0.1) is 0 Å². The summed E-state index contributed by atoms with van der Waals surface area (Å²) >= 11 is 6.15. The molecule has 1 rings (SSSR count). The zero-order chi connectivity index (χ0) is 14.5. The Labute approximate surface area is 120 Å². The van der Waals surface area contributed by atoms with Gasteiger partial charge in [0.2, 0.25) is 0 Å². The van der Waals surface area contributed by atoms with Crippen molar-refractivity contribution in [2.24, 2.45) is 0 Å². The summed E-state index contributed by atoms with van der Waals surface area (Å²) in [6.07, 6.45) is 1.68. The Morgan fingerprint density at radius 3 is 2.68 bits per heavy atom. The van der Waals surface area contributed by atoms with Gasteiger partial charge in [-0.25, -0.2) is 0 Å². The topological polar surface area (TPSA) is 32.7 Å². The van der Waals surface area contributed by atoms with Gasteiger partial charge in [-0.3, -0.25) is 4.90 Å². The Bertz CT molecular complexity index is 427. The largest absolute Gasteiger partial charge is 0.488 e. The van der Waals surface area contributed by atoms with Gasteiger partial charge in [-0.2, -0.15) is 0 Å². The molecule has 1 aromatic carbocycles. The molecule has 0 atom stereocenters. The number of hydrogen-bond donors (Lipinski definition) is 1. The van der Waals surface area contributed by atoms with Gasteiger partial charge in [-0.05, 0) is 38.6 Å². The van der Waals surface area contributed by atoms with Gasteiger partial charge in [-0.15, -0.1) is 0 Å². The van der Waals surface area contributed by atoms with Gasteiger partial charge in [0.25, 0.3) is 0 Å². The van der Waals surface area contributed by atoms with Crippen molar-refractivity contribution in [3.63, 3.8) is 0 Å². The Balaban J connectivity index is 2.65. The number of likely N-dealkylation sites (N-methyl/N-ethyl adjacent to an activating group) is 1. The zero-order valence-electron chi connectivity index (χ0n) is 11.8. The maximum Gasteiger partial charge on any atom is 0.138 e. The van der Waals surface area contributed by atoms with E-state index in [1.807, 2.05) is 25.2 Å². The maximum atomic E-state index is 9.76. The predicted molar refractivity (Wildman–Crippen MR) is 79.8 cm³/mol. The van der Waals surface area contributed by atoms with Crippen LogP contribution in [0.4, 0.5) is 0 Å². The number of aliphatic hydroxyl groups is 1. The zero-order valence-corrected chi connectivity index (χ0v) is 12.6. The fourth-order valence-corrected chi connectivity index (χ4v) is 2.19. The van der Waals surface area contributed by atoms with Crippen molar-refractivity contribution in [3.8, 4) is 5.75 Å². The molecule has 0 unspecified atom stereocenters. The lowest BCUT2D eigenvalue weighted by molar-refractivity contribution is 0.0425. The molecule has 0 aliphatic carbocycles. The van der Waals surface area contributed by atoms with Crippen LogP contribution in [0.3, 0.4) is 0 Å². The fourth-order valence-electron chi connectivity index (χ4n) is 1.94. The predicted octanol–water partition coefficient (Wildman–Crippen LogP) is 3.11. The van der Waals surface area contributed by atoms with E-state index < -0.39 is 5.60 Å². The van der Waals surface area contributed by atoms with E-state index in [1.54, 1.807) is 19.9 Å². The van der Waals surface area contributed by atoms with E-state index in [0.717, 1.165) is 12.1 Å². The molecule has 0 saturated carbocycles. The van der Waals surface area contributed by atoms with E-state index in [-0.39, 0.29) is 0 Å². The van der Waals surface area contributed by atoms with Gasteiger partial charge in [-0.1, -0.05) is 30.3 Å². The van der Waals surface area contributed by atoms with Crippen molar-refractivity contribution < 1.29 is 9.84 Å². The summed E-state index contributed by atoms with van der Waals surface area (Å²) in [4.78, 5) is 2.05. The molecular formula is C15H22ClNO2. The minimum absolute atomic E-state index is 0.442. The summed E-state index contributed by atoms with van der Waals surface area (Å²) in [6.45, 7) is 8.95. The molecule has 0 saturated heterocycles. The highest BCUT2D eigenvalue weighted by atomic mass is 35.5. The first-order chi connectivity index (χ1) is 8.81. The lowest BCUT2D eigenvalue weighted by Crippen LogP contribution is -2.35. The monoisotopic (exact) mass is 283 g/mol. The molecule has 0 radical (unpaired) electrons. The molecule has 0 bridgehead atoms. The third-order valence-electron chi connectivity index (χ3n) is 2.46. The normalized spacial score (nSPS) is 11.7. The second-order valence-electron chi connectivity index (χ2n) is 5.35. The number of benzene rings is 1. The fraction of sp³-hybridized carbons (Fsp3) is 0.467. The van der Waals surface area contributed by atoms with Crippen LogP contribution >= 0.6 is 11.6 Å². The molecule has 0 aliphatic rings. The summed E-state index contributed by atoms with van der Waals surface area (Å²) < 4.78 is 5.42. The van der Waals surface area contributed by atoms with Crippen molar-refractivity contribution >= 4 is 11.6 Å². The molecular weight excluding hydrogens is 262 g/mol. The van der Waals surface area contributed by atoms with Crippen molar-refractivity contribution in [3.05, 3.63) is 41.4 Å². The molecule has 0 aliphatic heterocycles. The summed E-state index contributed by atoms with van der Waals surface area (Å²) in [5.74, 6) is 0.662. The highest BCUT2D eigenvalue weighted by Crippen LogP contribution is 2.26. The molecule has 1 N–H and O–H groups in total. The van der Waals surface area contributed by atoms with Crippen molar-refractivity contribution in [1.82, 2.24) is 4.90 Å². The number of halogens is 1. The minimum atomic E-state index is -0.703. The van der Waals surface area contributed by atoms with Crippen LogP contribution in [0.15, 0.2) is 30.9 Å². The average molecular weight is 284 g/mol. The lowest BCUT2D eigenvalue weighted by Gasteiger charge is -2.25. The Morgan fingerprint density at radius 1 is 1.47 bits per heavy atom. The van der Waals surface area contributed by atoms with Gasteiger partial charge in [0.15, 0.2) is 0 Å². The first-order valence-electron chi connectivity index (χ1n) is 6.25. The van der Waals surface area contributed by atoms with Crippen molar-refractivity contribution in [1.29, 1.82) is 0 Å². The molecule has 19 heavy (non-hydrogen) atoms. The van der Waals surface area contributed by atoms with E-state index in [9.17, 15) is 5.11 Å². The summed E-state index contributed by atoms with van der Waals surface area (Å²) in [6, 6.07) is 5.73. The van der Waals surface area contributed by atoms with Gasteiger partial charge in [0.05, 0.1) is 10.6 Å². The molecule has 4 heteroatoms. The van der Waals surface area contributed by atoms with E-state index in [4.69, 9.17) is 16.3 Å². The number of rotatable bonds is 7. The molecule has 0 aromatic heterocycles. The molecule has 0 heterocycles. The van der Waals surface area contributed by atoms with Crippen molar-refractivity contribution in [2.75, 3.05) is 20.2 Å². The summed E-state index contributed by atoms with van der Waals surface area (Å²) in [5, 5.41) is 10.4. The summed E-state index contributed by atoms with van der Waals surface area (Å²) in [7, 11) is 1.97. The van der Waals surface area contributed by atoms with E-state index in [0.29, 0.717) is 23.9 Å². The third kappa shape index (κ3) is 6.10. The molecule has 3 nitrogen and oxygen atoms in total. The molecule has 106 valence electrons. The lowest BCUT2D eigenvalue weighted by atomic mass is 10.1. The molecule has 0 amide bonds. The van der Waals surface area contributed by atoms with Gasteiger partial charge in [0, 0.05) is 13.1 Å². The first kappa shape index (κ1) is 16.0. The van der Waals surface area contributed by atoms with Gasteiger partial charge >= 0.3 is 0 Å². The van der Waals surface area contributed by atoms with Crippen LogP contribution in [0.2, 0.25) is 5.02 Å². The van der Waals surface area contributed by atoms with Gasteiger partial charge in [0.1, 0.15) is 12.4 Å². The number of ether oxygens (including phenoxy) is 1. The van der Waals surface area contributed by atoms with Crippen LogP contribution in [0.1, 0.15) is 19.4 Å². The van der Waals surface area contributed by atoms with Crippen LogP contribution in [-0.4, -0.2) is 35.8 Å². The molecule has 1 aromatic rings. The Morgan fingerprint density at radius 2 is 2.16 bits per heavy atom. The van der Waals surface area contributed by atoms with Crippen LogP contribution < -0.4 is 4.74 Å². The quantitative estimate of drug-likeness (QED) is 0.781. The standard InChI is InChI=1S/C15H22ClNO2/c1-5-8-19-14-7-6-12(9-13(14)16)10-17(4)11-15(2,3)18/h5-7,9,18H,1,8,10-11H2,2-4H3. The molecule has 0 fully saturated rings. The second kappa shape index (κ2) is 6.94. The number of hydrogen-bond acceptors (Lipinski definition) is 3. The second-order valence-corrected chi connectivity index (χ2v) is 5.76. The smallest absolute Gasteiger partial charge is 0.138 e. The van der Waals surface area contributed by atoms with Crippen LogP contribution in [0.5, 0.6) is 5.75 Å². The van der Waals surface area contributed by atoms with Crippen molar-refractivity contribution in [2.45, 2.75) is 26.0 Å². The highest BCUT2D eigenvalue weighted by molar-refractivity contribution is 6.32. The van der Waals surface area contributed by atoms with E-state index in [2.05, 4.69) is 11.5 Å². The number of nitrogens with zero attached hydrogens (tertiary/aromatic N) is 1. The summed E-state index contributed by atoms with van der Waals surface area (Å²) in [5.41, 5.74) is 0.383. The Hall–Kier alpha value is -1.03. The molecule has 0 spiro atoms. The van der Waals surface area contributed by atoms with E-state index in [1.165, 1.54) is 0 Å². The maximum absolute atomic E-state index is 9.76. The van der Waals surface area contributed by atoms with E-state index >= 15 is 0 Å². The average Bonchev–Trinajstić information content (AvgIpc) is 2.25. The van der Waals surface area contributed by atoms with Crippen LogP contribution in [-0.2, 0) is 6.54 Å². The highest BCUT2D eigenvalue weighted by Gasteiger charge is 2.15. The minimum Gasteiger partial charge on any atom is -0.488 e. The first-order valence-corrected chi connectivity index (χ1v) is 6.62. The van der Waals surface area contributed by atoms with Gasteiger partial charge < -0.3 is 9.84 Å². The van der Waals surface area contributed by atoms with Crippen LogP contribution in [0.25, 0.3) is 0 Å². The Kier molecular flexibility index (Phi) is 5.85. The third-order valence-corrected chi connectivity index (χ3v) is 2.76.